The summed E-state index contributed by atoms with van der Waals surface area (Å²) in [5.74, 6) is 0.991. The van der Waals surface area contributed by atoms with Crippen LogP contribution in [0.25, 0.3) is 0 Å². The van der Waals surface area contributed by atoms with Crippen LogP contribution in [-0.2, 0) is 0 Å². The van der Waals surface area contributed by atoms with E-state index < -0.39 is 0 Å². The lowest BCUT2D eigenvalue weighted by molar-refractivity contribution is 0.268. The monoisotopic (exact) mass is 276 g/mol. The summed E-state index contributed by atoms with van der Waals surface area (Å²) in [7, 11) is 0. The molecular formula is C17H28N2O. The van der Waals surface area contributed by atoms with Crippen molar-refractivity contribution in [1.82, 2.24) is 5.32 Å². The van der Waals surface area contributed by atoms with E-state index in [1.807, 2.05) is 0 Å². The van der Waals surface area contributed by atoms with E-state index in [4.69, 9.17) is 4.74 Å². The van der Waals surface area contributed by atoms with Crippen LogP contribution in [0.2, 0.25) is 0 Å². The second-order valence-electron chi connectivity index (χ2n) is 5.45. The highest BCUT2D eigenvalue weighted by molar-refractivity contribution is 5.50. The van der Waals surface area contributed by atoms with Crippen molar-refractivity contribution >= 4 is 5.69 Å². The van der Waals surface area contributed by atoms with E-state index in [0.29, 0.717) is 6.04 Å². The summed E-state index contributed by atoms with van der Waals surface area (Å²) in [5.41, 5.74) is 1.25. The summed E-state index contributed by atoms with van der Waals surface area (Å²) in [6.45, 7) is 8.41. The molecular weight excluding hydrogens is 248 g/mol. The lowest BCUT2D eigenvalue weighted by Gasteiger charge is -2.24. The van der Waals surface area contributed by atoms with Gasteiger partial charge in [0.1, 0.15) is 5.75 Å². The zero-order valence-electron chi connectivity index (χ0n) is 12.9. The summed E-state index contributed by atoms with van der Waals surface area (Å²) in [5, 5.41) is 3.56. The third kappa shape index (κ3) is 4.41. The smallest absolute Gasteiger partial charge is 0.121 e. The Morgan fingerprint density at radius 2 is 2.10 bits per heavy atom. The topological polar surface area (TPSA) is 24.5 Å². The van der Waals surface area contributed by atoms with Crippen LogP contribution in [0, 0.1) is 0 Å². The van der Waals surface area contributed by atoms with Gasteiger partial charge >= 0.3 is 0 Å². The van der Waals surface area contributed by atoms with Crippen molar-refractivity contribution in [2.45, 2.75) is 45.6 Å². The summed E-state index contributed by atoms with van der Waals surface area (Å²) in [6, 6.07) is 9.10. The SMILES string of the molecule is CCN(CC)c1cccc(OCCC2CCCCN2)c1. The Morgan fingerprint density at radius 1 is 1.25 bits per heavy atom. The van der Waals surface area contributed by atoms with Gasteiger partial charge < -0.3 is 15.0 Å². The molecule has 0 saturated carbocycles. The molecule has 1 heterocycles. The van der Waals surface area contributed by atoms with Gasteiger partial charge in [-0.25, -0.2) is 0 Å². The average Bonchev–Trinajstić information content (AvgIpc) is 2.50. The van der Waals surface area contributed by atoms with Crippen LogP contribution in [0.1, 0.15) is 39.5 Å². The Labute approximate surface area is 123 Å². The van der Waals surface area contributed by atoms with Gasteiger partial charge in [-0.1, -0.05) is 12.5 Å². The third-order valence-corrected chi connectivity index (χ3v) is 4.09. The highest BCUT2D eigenvalue weighted by atomic mass is 16.5. The van der Waals surface area contributed by atoms with E-state index >= 15 is 0 Å². The molecule has 0 bridgehead atoms. The fourth-order valence-electron chi connectivity index (χ4n) is 2.85. The van der Waals surface area contributed by atoms with Crippen molar-refractivity contribution < 1.29 is 4.74 Å². The van der Waals surface area contributed by atoms with Crippen LogP contribution in [0.3, 0.4) is 0 Å². The van der Waals surface area contributed by atoms with Crippen LogP contribution in [0.15, 0.2) is 24.3 Å². The van der Waals surface area contributed by atoms with Crippen LogP contribution in [-0.4, -0.2) is 32.3 Å². The molecule has 0 radical (unpaired) electrons. The number of ether oxygens (including phenoxy) is 1. The maximum absolute atomic E-state index is 5.92. The van der Waals surface area contributed by atoms with E-state index in [9.17, 15) is 0 Å². The lowest BCUT2D eigenvalue weighted by Crippen LogP contribution is -2.35. The molecule has 1 N–H and O–H groups in total. The summed E-state index contributed by atoms with van der Waals surface area (Å²) in [6.07, 6.45) is 5.08. The van der Waals surface area contributed by atoms with Gasteiger partial charge in [0.15, 0.2) is 0 Å². The summed E-state index contributed by atoms with van der Waals surface area (Å²) < 4.78 is 5.92. The van der Waals surface area contributed by atoms with Gasteiger partial charge in [-0.05, 0) is 51.8 Å². The molecule has 20 heavy (non-hydrogen) atoms. The number of hydrogen-bond donors (Lipinski definition) is 1. The molecule has 3 nitrogen and oxygen atoms in total. The molecule has 0 aliphatic carbocycles. The van der Waals surface area contributed by atoms with Gasteiger partial charge in [-0.15, -0.1) is 0 Å². The van der Waals surface area contributed by atoms with Gasteiger partial charge in [0.05, 0.1) is 6.61 Å². The zero-order valence-corrected chi connectivity index (χ0v) is 12.9. The Morgan fingerprint density at radius 3 is 2.80 bits per heavy atom. The fraction of sp³-hybridized carbons (Fsp3) is 0.647. The minimum absolute atomic E-state index is 0.648. The van der Waals surface area contributed by atoms with Gasteiger partial charge in [-0.2, -0.15) is 0 Å². The first-order valence-electron chi connectivity index (χ1n) is 8.04. The molecule has 112 valence electrons. The molecule has 0 spiro atoms. The molecule has 2 rings (SSSR count). The van der Waals surface area contributed by atoms with Crippen LogP contribution in [0.5, 0.6) is 5.75 Å². The Balaban J connectivity index is 1.81. The largest absolute Gasteiger partial charge is 0.493 e. The minimum Gasteiger partial charge on any atom is -0.493 e. The van der Waals surface area contributed by atoms with Gasteiger partial charge in [0.25, 0.3) is 0 Å². The Hall–Kier alpha value is -1.22. The number of rotatable bonds is 7. The lowest BCUT2D eigenvalue weighted by atomic mass is 10.0. The zero-order chi connectivity index (χ0) is 14.2. The molecule has 1 atom stereocenters. The molecule has 1 saturated heterocycles. The molecule has 1 unspecified atom stereocenters. The van der Waals surface area contributed by atoms with Crippen molar-refractivity contribution in [1.29, 1.82) is 0 Å². The molecule has 1 aromatic rings. The van der Waals surface area contributed by atoms with E-state index in [1.165, 1.54) is 31.5 Å². The number of benzene rings is 1. The highest BCUT2D eigenvalue weighted by Crippen LogP contribution is 2.21. The fourth-order valence-corrected chi connectivity index (χ4v) is 2.85. The van der Waals surface area contributed by atoms with Crippen LogP contribution < -0.4 is 15.0 Å². The van der Waals surface area contributed by atoms with E-state index in [0.717, 1.165) is 31.9 Å². The summed E-state index contributed by atoms with van der Waals surface area (Å²) >= 11 is 0. The van der Waals surface area contributed by atoms with Crippen molar-refractivity contribution in [3.05, 3.63) is 24.3 Å². The maximum Gasteiger partial charge on any atom is 0.121 e. The molecule has 3 heteroatoms. The number of piperidine rings is 1. The molecule has 1 aromatic carbocycles. The van der Waals surface area contributed by atoms with Crippen LogP contribution >= 0.6 is 0 Å². The first kappa shape index (κ1) is 15.2. The van der Waals surface area contributed by atoms with Gasteiger partial charge in [0.2, 0.25) is 0 Å². The van der Waals surface area contributed by atoms with E-state index in [2.05, 4.69) is 48.3 Å². The van der Waals surface area contributed by atoms with Crippen molar-refractivity contribution in [2.24, 2.45) is 0 Å². The normalized spacial score (nSPS) is 18.8. The Kier molecular flexibility index (Phi) is 6.19. The highest BCUT2D eigenvalue weighted by Gasteiger charge is 2.12. The predicted octanol–water partition coefficient (Wildman–Crippen LogP) is 3.44. The quantitative estimate of drug-likeness (QED) is 0.825. The predicted molar refractivity (Wildman–Crippen MR) is 85.8 cm³/mol. The number of hydrogen-bond acceptors (Lipinski definition) is 3. The molecule has 0 amide bonds. The van der Waals surface area contributed by atoms with Gasteiger partial charge in [0, 0.05) is 30.9 Å². The van der Waals surface area contributed by atoms with E-state index in [-0.39, 0.29) is 0 Å². The first-order valence-corrected chi connectivity index (χ1v) is 8.04. The third-order valence-electron chi connectivity index (χ3n) is 4.09. The number of nitrogens with one attached hydrogen (secondary N) is 1. The number of anilines is 1. The maximum atomic E-state index is 5.92. The second kappa shape index (κ2) is 8.15. The molecule has 1 aliphatic rings. The van der Waals surface area contributed by atoms with E-state index in [1.54, 1.807) is 0 Å². The molecule has 1 fully saturated rings. The van der Waals surface area contributed by atoms with Crippen LogP contribution in [0.4, 0.5) is 5.69 Å². The van der Waals surface area contributed by atoms with Crippen molar-refractivity contribution in [3.63, 3.8) is 0 Å². The Bertz CT molecular complexity index is 384. The standard InChI is InChI=1S/C17H28N2O/c1-3-19(4-2)16-9-7-10-17(14-16)20-13-11-15-8-5-6-12-18-15/h7,9-10,14-15,18H,3-6,8,11-13H2,1-2H3. The van der Waals surface area contributed by atoms with Crippen molar-refractivity contribution in [2.75, 3.05) is 31.1 Å². The molecule has 1 aliphatic heterocycles. The van der Waals surface area contributed by atoms with Gasteiger partial charge in [-0.3, -0.25) is 0 Å². The average molecular weight is 276 g/mol. The minimum atomic E-state index is 0.648. The van der Waals surface area contributed by atoms with Crippen molar-refractivity contribution in [3.8, 4) is 5.75 Å². The first-order chi connectivity index (χ1) is 9.83. The number of nitrogens with zero attached hydrogens (tertiary/aromatic N) is 1. The second-order valence-corrected chi connectivity index (χ2v) is 5.45. The summed E-state index contributed by atoms with van der Waals surface area (Å²) in [4.78, 5) is 2.34. The molecule has 0 aromatic heterocycles.